The van der Waals surface area contributed by atoms with Crippen molar-refractivity contribution in [2.24, 2.45) is 0 Å². The molecule has 1 N–H and O–H groups in total. The summed E-state index contributed by atoms with van der Waals surface area (Å²) in [5, 5.41) is 2.96. The number of nitrogens with one attached hydrogen (secondary N) is 1. The van der Waals surface area contributed by atoms with Crippen LogP contribution in [-0.2, 0) is 0 Å². The van der Waals surface area contributed by atoms with Crippen LogP contribution in [-0.4, -0.2) is 16.5 Å². The standard InChI is InChI=1S/C12H11F2N3O/c1-2-15-10-6-11(17-7-16-10)18-9-5-3-4-8(13)12(9)14/h3-7H,2H2,1H3,(H,15,16,17). The number of halogens is 2. The molecule has 0 saturated carbocycles. The second-order valence-electron chi connectivity index (χ2n) is 3.43. The van der Waals surface area contributed by atoms with Crippen molar-refractivity contribution < 1.29 is 13.5 Å². The van der Waals surface area contributed by atoms with Gasteiger partial charge in [0, 0.05) is 12.6 Å². The van der Waals surface area contributed by atoms with Gasteiger partial charge in [-0.25, -0.2) is 14.4 Å². The predicted octanol–water partition coefficient (Wildman–Crippen LogP) is 2.98. The number of rotatable bonds is 4. The SMILES string of the molecule is CCNc1cc(Oc2cccc(F)c2F)ncn1. The van der Waals surface area contributed by atoms with Crippen LogP contribution >= 0.6 is 0 Å². The molecule has 2 aromatic rings. The predicted molar refractivity (Wildman–Crippen MR) is 62.6 cm³/mol. The molecule has 6 heteroatoms. The molecule has 0 bridgehead atoms. The normalized spacial score (nSPS) is 10.2. The van der Waals surface area contributed by atoms with Gasteiger partial charge in [-0.15, -0.1) is 0 Å². The highest BCUT2D eigenvalue weighted by Crippen LogP contribution is 2.25. The lowest BCUT2D eigenvalue weighted by Gasteiger charge is -2.07. The maximum absolute atomic E-state index is 13.4. The first-order valence-electron chi connectivity index (χ1n) is 5.38. The van der Waals surface area contributed by atoms with Gasteiger partial charge in [-0.3, -0.25) is 0 Å². The lowest BCUT2D eigenvalue weighted by atomic mass is 10.3. The van der Waals surface area contributed by atoms with E-state index in [2.05, 4.69) is 15.3 Å². The Morgan fingerprint density at radius 2 is 2.11 bits per heavy atom. The molecule has 0 aliphatic carbocycles. The number of aromatic nitrogens is 2. The molecule has 18 heavy (non-hydrogen) atoms. The van der Waals surface area contributed by atoms with Crippen LogP contribution in [0.15, 0.2) is 30.6 Å². The number of ether oxygens (including phenoxy) is 1. The van der Waals surface area contributed by atoms with Gasteiger partial charge in [0.05, 0.1) is 0 Å². The average Bonchev–Trinajstić information content (AvgIpc) is 2.36. The van der Waals surface area contributed by atoms with Gasteiger partial charge in [0.1, 0.15) is 12.1 Å². The first-order valence-corrected chi connectivity index (χ1v) is 5.38. The Hall–Kier alpha value is -2.24. The van der Waals surface area contributed by atoms with Gasteiger partial charge >= 0.3 is 0 Å². The summed E-state index contributed by atoms with van der Waals surface area (Å²) in [6.45, 7) is 2.60. The third-order valence-electron chi connectivity index (χ3n) is 2.13. The molecule has 0 spiro atoms. The largest absolute Gasteiger partial charge is 0.436 e. The van der Waals surface area contributed by atoms with Gasteiger partial charge in [0.15, 0.2) is 11.6 Å². The van der Waals surface area contributed by atoms with E-state index < -0.39 is 11.6 Å². The van der Waals surface area contributed by atoms with Gasteiger partial charge in [-0.1, -0.05) is 6.07 Å². The van der Waals surface area contributed by atoms with E-state index in [1.54, 1.807) is 0 Å². The fraction of sp³-hybridized carbons (Fsp3) is 0.167. The van der Waals surface area contributed by atoms with Crippen molar-refractivity contribution in [2.75, 3.05) is 11.9 Å². The van der Waals surface area contributed by atoms with Gasteiger partial charge < -0.3 is 10.1 Å². The van der Waals surface area contributed by atoms with Crippen LogP contribution in [0.1, 0.15) is 6.92 Å². The Labute approximate surface area is 103 Å². The fourth-order valence-electron chi connectivity index (χ4n) is 1.35. The molecule has 0 radical (unpaired) electrons. The lowest BCUT2D eigenvalue weighted by molar-refractivity contribution is 0.405. The zero-order chi connectivity index (χ0) is 13.0. The smallest absolute Gasteiger partial charge is 0.224 e. The summed E-state index contributed by atoms with van der Waals surface area (Å²) >= 11 is 0. The highest BCUT2D eigenvalue weighted by atomic mass is 19.2. The van der Waals surface area contributed by atoms with Crippen LogP contribution in [0.5, 0.6) is 11.6 Å². The minimum atomic E-state index is -1.04. The highest BCUT2D eigenvalue weighted by Gasteiger charge is 2.10. The molecule has 94 valence electrons. The minimum absolute atomic E-state index is 0.144. The van der Waals surface area contributed by atoms with E-state index in [-0.39, 0.29) is 11.6 Å². The Morgan fingerprint density at radius 3 is 2.89 bits per heavy atom. The third kappa shape index (κ3) is 2.71. The van der Waals surface area contributed by atoms with E-state index in [0.717, 1.165) is 6.07 Å². The zero-order valence-corrected chi connectivity index (χ0v) is 9.65. The highest BCUT2D eigenvalue weighted by molar-refractivity contribution is 5.38. The average molecular weight is 251 g/mol. The van der Waals surface area contributed by atoms with E-state index in [0.29, 0.717) is 12.4 Å². The van der Waals surface area contributed by atoms with Crippen LogP contribution in [0.4, 0.5) is 14.6 Å². The van der Waals surface area contributed by atoms with Crippen LogP contribution in [0, 0.1) is 11.6 Å². The molecule has 0 aliphatic heterocycles. The topological polar surface area (TPSA) is 47.0 Å². The van der Waals surface area contributed by atoms with Crippen LogP contribution < -0.4 is 10.1 Å². The molecule has 0 amide bonds. The molecule has 1 aromatic carbocycles. The molecular weight excluding hydrogens is 240 g/mol. The zero-order valence-electron chi connectivity index (χ0n) is 9.65. The Bertz CT molecular complexity index is 549. The van der Waals surface area contributed by atoms with Crippen molar-refractivity contribution in [3.05, 3.63) is 42.2 Å². The number of anilines is 1. The quantitative estimate of drug-likeness (QED) is 0.907. The van der Waals surface area contributed by atoms with Gasteiger partial charge in [0.2, 0.25) is 11.7 Å². The van der Waals surface area contributed by atoms with E-state index in [9.17, 15) is 8.78 Å². The lowest BCUT2D eigenvalue weighted by Crippen LogP contribution is -2.00. The first kappa shape index (κ1) is 12.2. The summed E-state index contributed by atoms with van der Waals surface area (Å²) in [6, 6.07) is 5.22. The molecule has 1 aromatic heterocycles. The van der Waals surface area contributed by atoms with E-state index >= 15 is 0 Å². The molecule has 0 aliphatic rings. The van der Waals surface area contributed by atoms with Gasteiger partial charge in [-0.05, 0) is 19.1 Å². The maximum Gasteiger partial charge on any atom is 0.224 e. The summed E-state index contributed by atoms with van der Waals surface area (Å²) in [7, 11) is 0. The Morgan fingerprint density at radius 1 is 1.28 bits per heavy atom. The second-order valence-corrected chi connectivity index (χ2v) is 3.43. The van der Waals surface area contributed by atoms with Crippen molar-refractivity contribution in [1.82, 2.24) is 9.97 Å². The molecular formula is C12H11F2N3O. The molecule has 4 nitrogen and oxygen atoms in total. The van der Waals surface area contributed by atoms with Gasteiger partial charge in [-0.2, -0.15) is 4.39 Å². The number of hydrogen-bond acceptors (Lipinski definition) is 4. The van der Waals surface area contributed by atoms with Crippen molar-refractivity contribution in [3.8, 4) is 11.6 Å². The van der Waals surface area contributed by atoms with E-state index in [4.69, 9.17) is 4.74 Å². The van der Waals surface area contributed by atoms with Crippen LogP contribution in [0.2, 0.25) is 0 Å². The number of nitrogens with zero attached hydrogens (tertiary/aromatic N) is 2. The van der Waals surface area contributed by atoms with E-state index in [1.165, 1.54) is 24.5 Å². The first-order chi connectivity index (χ1) is 8.70. The van der Waals surface area contributed by atoms with Crippen molar-refractivity contribution in [3.63, 3.8) is 0 Å². The van der Waals surface area contributed by atoms with Crippen molar-refractivity contribution in [2.45, 2.75) is 6.92 Å². The summed E-state index contributed by atoms with van der Waals surface area (Å²) < 4.78 is 31.5. The summed E-state index contributed by atoms with van der Waals surface area (Å²) in [5.74, 6) is -1.52. The Kier molecular flexibility index (Phi) is 3.66. The summed E-state index contributed by atoms with van der Waals surface area (Å²) in [4.78, 5) is 7.77. The summed E-state index contributed by atoms with van der Waals surface area (Å²) in [6.07, 6.45) is 1.28. The van der Waals surface area contributed by atoms with Crippen molar-refractivity contribution in [1.29, 1.82) is 0 Å². The number of hydrogen-bond donors (Lipinski definition) is 1. The van der Waals surface area contributed by atoms with Gasteiger partial charge in [0.25, 0.3) is 0 Å². The fourth-order valence-corrected chi connectivity index (χ4v) is 1.35. The monoisotopic (exact) mass is 251 g/mol. The molecule has 2 rings (SSSR count). The molecule has 0 saturated heterocycles. The molecule has 0 unspecified atom stereocenters. The second kappa shape index (κ2) is 5.39. The van der Waals surface area contributed by atoms with Crippen LogP contribution in [0.25, 0.3) is 0 Å². The van der Waals surface area contributed by atoms with Crippen molar-refractivity contribution >= 4 is 5.82 Å². The molecule has 1 heterocycles. The number of benzene rings is 1. The van der Waals surface area contributed by atoms with E-state index in [1.807, 2.05) is 6.92 Å². The summed E-state index contributed by atoms with van der Waals surface area (Å²) in [5.41, 5.74) is 0. The Balaban J connectivity index is 2.23. The minimum Gasteiger partial charge on any atom is -0.436 e. The third-order valence-corrected chi connectivity index (χ3v) is 2.13. The molecule has 0 atom stereocenters. The van der Waals surface area contributed by atoms with Crippen LogP contribution in [0.3, 0.4) is 0 Å². The molecule has 0 fully saturated rings. The maximum atomic E-state index is 13.4.